The normalized spacial score (nSPS) is 10.0. The molecule has 2 N–H and O–H groups in total. The van der Waals surface area contributed by atoms with Crippen molar-refractivity contribution in [2.45, 2.75) is 0 Å². The Balaban J connectivity index is 1.58. The highest BCUT2D eigenvalue weighted by Gasteiger charge is 2.03. The van der Waals surface area contributed by atoms with Gasteiger partial charge in [0.2, 0.25) is 0 Å². The second kappa shape index (κ2) is 6.78. The molecule has 0 saturated heterocycles. The molecule has 2 aromatic carbocycles. The minimum absolute atomic E-state index is 0.265. The molecule has 0 aliphatic rings. The van der Waals surface area contributed by atoms with Crippen LogP contribution in [0.15, 0.2) is 72.1 Å². The topological polar surface area (TPSA) is 50.4 Å². The zero-order valence-corrected chi connectivity index (χ0v) is 12.5. The third-order valence-electron chi connectivity index (χ3n) is 2.85. The van der Waals surface area contributed by atoms with Crippen molar-refractivity contribution >= 4 is 28.1 Å². The van der Waals surface area contributed by atoms with Crippen molar-refractivity contribution in [3.05, 3.63) is 72.1 Å². The van der Waals surface area contributed by atoms with Gasteiger partial charge in [0, 0.05) is 5.69 Å². The summed E-state index contributed by atoms with van der Waals surface area (Å²) in [4.78, 5) is 11.8. The summed E-state index contributed by atoms with van der Waals surface area (Å²) in [5, 5.41) is 8.25. The van der Waals surface area contributed by atoms with Crippen molar-refractivity contribution < 1.29 is 9.53 Å². The average molecular weight is 310 g/mol. The van der Waals surface area contributed by atoms with Crippen molar-refractivity contribution in [1.29, 1.82) is 0 Å². The molecule has 5 heteroatoms. The number of ether oxygens (including phenoxy) is 1. The number of rotatable bonds is 4. The summed E-state index contributed by atoms with van der Waals surface area (Å²) >= 11 is 1.47. The molecule has 3 aromatic rings. The molecule has 0 bridgehead atoms. The fraction of sp³-hybridized carbons (Fsp3) is 0. The molecular weight excluding hydrogens is 296 g/mol. The van der Waals surface area contributed by atoms with Gasteiger partial charge in [-0.2, -0.15) is 0 Å². The number of amides is 2. The van der Waals surface area contributed by atoms with Crippen LogP contribution in [0.25, 0.3) is 0 Å². The Morgan fingerprint density at radius 1 is 0.818 bits per heavy atom. The van der Waals surface area contributed by atoms with Gasteiger partial charge in [0.05, 0.1) is 5.00 Å². The summed E-state index contributed by atoms with van der Waals surface area (Å²) in [6.45, 7) is 0. The van der Waals surface area contributed by atoms with Gasteiger partial charge in [-0.15, -0.1) is 11.3 Å². The van der Waals surface area contributed by atoms with Crippen LogP contribution < -0.4 is 15.4 Å². The maximum absolute atomic E-state index is 11.8. The van der Waals surface area contributed by atoms with Gasteiger partial charge in [0.25, 0.3) is 0 Å². The lowest BCUT2D eigenvalue weighted by atomic mass is 10.3. The first-order chi connectivity index (χ1) is 10.8. The number of nitrogens with one attached hydrogen (secondary N) is 2. The van der Waals surface area contributed by atoms with Crippen LogP contribution >= 0.6 is 11.3 Å². The number of anilines is 2. The van der Waals surface area contributed by atoms with Crippen molar-refractivity contribution in [2.75, 3.05) is 10.6 Å². The highest BCUT2D eigenvalue weighted by atomic mass is 32.1. The molecule has 1 aromatic heterocycles. The van der Waals surface area contributed by atoms with Crippen LogP contribution in [0.5, 0.6) is 11.5 Å². The number of carbonyl (C=O) groups excluding carboxylic acids is 1. The molecule has 0 fully saturated rings. The summed E-state index contributed by atoms with van der Waals surface area (Å²) in [5.41, 5.74) is 0.703. The van der Waals surface area contributed by atoms with Gasteiger partial charge < -0.3 is 10.1 Å². The maximum Gasteiger partial charge on any atom is 0.324 e. The van der Waals surface area contributed by atoms with E-state index in [9.17, 15) is 4.79 Å². The second-order valence-electron chi connectivity index (χ2n) is 4.50. The summed E-state index contributed by atoms with van der Waals surface area (Å²) in [5.74, 6) is 1.49. The number of thiophene rings is 1. The number of hydrogen-bond acceptors (Lipinski definition) is 3. The molecule has 0 saturated carbocycles. The van der Waals surface area contributed by atoms with Crippen LogP contribution in [0.1, 0.15) is 0 Å². The molecule has 0 aliphatic heterocycles. The van der Waals surface area contributed by atoms with E-state index in [1.165, 1.54) is 11.3 Å². The van der Waals surface area contributed by atoms with Crippen molar-refractivity contribution in [1.82, 2.24) is 0 Å². The monoisotopic (exact) mass is 310 g/mol. The molecule has 1 heterocycles. The maximum atomic E-state index is 11.8. The van der Waals surface area contributed by atoms with Crippen molar-refractivity contribution in [2.24, 2.45) is 0 Å². The summed E-state index contributed by atoms with van der Waals surface area (Å²) in [6.07, 6.45) is 0. The van der Waals surface area contributed by atoms with E-state index in [0.717, 1.165) is 16.5 Å². The first-order valence-electron chi connectivity index (χ1n) is 6.74. The smallest absolute Gasteiger partial charge is 0.324 e. The quantitative estimate of drug-likeness (QED) is 0.697. The number of hydrogen-bond donors (Lipinski definition) is 2. The summed E-state index contributed by atoms with van der Waals surface area (Å²) in [6, 6.07) is 20.2. The molecule has 110 valence electrons. The SMILES string of the molecule is O=C(Nc1ccc(Oc2ccccc2)cc1)Nc1cccs1. The molecule has 3 rings (SSSR count). The van der Waals surface area contributed by atoms with E-state index in [2.05, 4.69) is 10.6 Å². The fourth-order valence-electron chi connectivity index (χ4n) is 1.85. The Morgan fingerprint density at radius 2 is 1.55 bits per heavy atom. The van der Waals surface area contributed by atoms with E-state index >= 15 is 0 Å². The van der Waals surface area contributed by atoms with Crippen LogP contribution in [-0.2, 0) is 0 Å². The molecule has 2 amide bonds. The third kappa shape index (κ3) is 3.86. The van der Waals surface area contributed by atoms with Gasteiger partial charge >= 0.3 is 6.03 Å². The number of carbonyl (C=O) groups is 1. The minimum Gasteiger partial charge on any atom is -0.457 e. The number of benzene rings is 2. The molecular formula is C17H14N2O2S. The Kier molecular flexibility index (Phi) is 4.36. The van der Waals surface area contributed by atoms with Gasteiger partial charge in [-0.1, -0.05) is 18.2 Å². The van der Waals surface area contributed by atoms with Gasteiger partial charge in [0.15, 0.2) is 0 Å². The Morgan fingerprint density at radius 3 is 2.23 bits per heavy atom. The molecule has 0 radical (unpaired) electrons. The molecule has 0 unspecified atom stereocenters. The highest BCUT2D eigenvalue weighted by molar-refractivity contribution is 7.14. The zero-order valence-electron chi connectivity index (χ0n) is 11.7. The first kappa shape index (κ1) is 14.2. The third-order valence-corrected chi connectivity index (χ3v) is 3.63. The lowest BCUT2D eigenvalue weighted by molar-refractivity contribution is 0.262. The Bertz CT molecular complexity index is 725. The van der Waals surface area contributed by atoms with Crippen LogP contribution in [0, 0.1) is 0 Å². The molecule has 22 heavy (non-hydrogen) atoms. The molecule has 0 aliphatic carbocycles. The number of urea groups is 1. The second-order valence-corrected chi connectivity index (χ2v) is 5.44. The zero-order chi connectivity index (χ0) is 15.2. The fourth-order valence-corrected chi connectivity index (χ4v) is 2.47. The number of para-hydroxylation sites is 1. The Hall–Kier alpha value is -2.79. The lowest BCUT2D eigenvalue weighted by Gasteiger charge is -2.08. The summed E-state index contributed by atoms with van der Waals surface area (Å²) in [7, 11) is 0. The predicted molar refractivity (Wildman–Crippen MR) is 89.9 cm³/mol. The van der Waals surface area contributed by atoms with E-state index in [-0.39, 0.29) is 6.03 Å². The predicted octanol–water partition coefficient (Wildman–Crippen LogP) is 5.18. The van der Waals surface area contributed by atoms with E-state index in [1.54, 1.807) is 12.1 Å². The van der Waals surface area contributed by atoms with E-state index in [4.69, 9.17) is 4.74 Å². The van der Waals surface area contributed by atoms with Gasteiger partial charge in [-0.25, -0.2) is 4.79 Å². The van der Waals surface area contributed by atoms with Crippen LogP contribution in [0.4, 0.5) is 15.5 Å². The molecule has 4 nitrogen and oxygen atoms in total. The molecule has 0 spiro atoms. The minimum atomic E-state index is -0.265. The standard InChI is InChI=1S/C17H14N2O2S/c20-17(19-16-7-4-12-22-16)18-13-8-10-15(11-9-13)21-14-5-2-1-3-6-14/h1-12H,(H2,18,19,20). The lowest BCUT2D eigenvalue weighted by Crippen LogP contribution is -2.18. The van der Waals surface area contributed by atoms with Crippen molar-refractivity contribution in [3.63, 3.8) is 0 Å². The van der Waals surface area contributed by atoms with Gasteiger partial charge in [0.1, 0.15) is 11.5 Å². The van der Waals surface area contributed by atoms with Crippen LogP contribution in [0.3, 0.4) is 0 Å². The van der Waals surface area contributed by atoms with Gasteiger partial charge in [-0.05, 0) is 53.9 Å². The van der Waals surface area contributed by atoms with Gasteiger partial charge in [-0.3, -0.25) is 5.32 Å². The van der Waals surface area contributed by atoms with Crippen LogP contribution in [-0.4, -0.2) is 6.03 Å². The first-order valence-corrected chi connectivity index (χ1v) is 7.62. The van der Waals surface area contributed by atoms with E-state index in [1.807, 2.05) is 60.0 Å². The van der Waals surface area contributed by atoms with Crippen molar-refractivity contribution in [3.8, 4) is 11.5 Å². The average Bonchev–Trinajstić information content (AvgIpc) is 3.03. The van der Waals surface area contributed by atoms with Crippen LogP contribution in [0.2, 0.25) is 0 Å². The van der Waals surface area contributed by atoms with E-state index < -0.39 is 0 Å². The Labute approximate surface area is 132 Å². The summed E-state index contributed by atoms with van der Waals surface area (Å²) < 4.78 is 5.70. The molecule has 0 atom stereocenters. The largest absolute Gasteiger partial charge is 0.457 e. The highest BCUT2D eigenvalue weighted by Crippen LogP contribution is 2.23. The van der Waals surface area contributed by atoms with E-state index in [0.29, 0.717) is 5.69 Å².